The highest BCUT2D eigenvalue weighted by atomic mass is 16.5. The second-order valence-corrected chi connectivity index (χ2v) is 6.72. The summed E-state index contributed by atoms with van der Waals surface area (Å²) in [5.74, 6) is 0. The largest absolute Gasteiger partial charge is 0.371 e. The highest BCUT2D eigenvalue weighted by Gasteiger charge is 2.28. The zero-order valence-electron chi connectivity index (χ0n) is 14.9. The Labute approximate surface area is 148 Å². The standard InChI is InChI=1S/C21H23N3O/c1-4-24-21-18-12-8-7-11-17(18)19(25-14(2)3)13-15-9-5-6-10-16(15)20(21)22-23-24/h5-12,14,19H,4,13H2,1-3H3. The molecule has 0 saturated carbocycles. The van der Waals surface area contributed by atoms with Gasteiger partial charge in [0.05, 0.1) is 17.9 Å². The minimum absolute atomic E-state index is 0.0192. The lowest BCUT2D eigenvalue weighted by Gasteiger charge is -2.26. The molecule has 0 radical (unpaired) electrons. The van der Waals surface area contributed by atoms with Gasteiger partial charge < -0.3 is 4.74 Å². The molecule has 2 aromatic carbocycles. The van der Waals surface area contributed by atoms with Crippen molar-refractivity contribution in [1.29, 1.82) is 0 Å². The Morgan fingerprint density at radius 2 is 1.80 bits per heavy atom. The van der Waals surface area contributed by atoms with Gasteiger partial charge >= 0.3 is 0 Å². The lowest BCUT2D eigenvalue weighted by molar-refractivity contribution is 0.00716. The van der Waals surface area contributed by atoms with Crippen LogP contribution in [-0.2, 0) is 17.7 Å². The molecule has 0 saturated heterocycles. The van der Waals surface area contributed by atoms with Crippen molar-refractivity contribution < 1.29 is 4.74 Å². The van der Waals surface area contributed by atoms with Gasteiger partial charge in [-0.3, -0.25) is 0 Å². The molecule has 1 aliphatic carbocycles. The highest BCUT2D eigenvalue weighted by Crippen LogP contribution is 2.41. The van der Waals surface area contributed by atoms with Gasteiger partial charge in [0.25, 0.3) is 0 Å². The van der Waals surface area contributed by atoms with Crippen LogP contribution in [0, 0.1) is 0 Å². The van der Waals surface area contributed by atoms with Gasteiger partial charge in [-0.05, 0) is 31.9 Å². The molecule has 128 valence electrons. The maximum absolute atomic E-state index is 6.33. The number of aromatic nitrogens is 3. The van der Waals surface area contributed by atoms with Gasteiger partial charge in [0.15, 0.2) is 0 Å². The average molecular weight is 333 g/mol. The fourth-order valence-corrected chi connectivity index (χ4v) is 3.66. The number of nitrogens with zero attached hydrogens (tertiary/aromatic N) is 3. The molecule has 1 aromatic heterocycles. The molecule has 0 N–H and O–H groups in total. The van der Waals surface area contributed by atoms with Crippen LogP contribution in [0.25, 0.3) is 22.5 Å². The summed E-state index contributed by atoms with van der Waals surface area (Å²) in [6, 6.07) is 17.0. The summed E-state index contributed by atoms with van der Waals surface area (Å²) < 4.78 is 8.31. The van der Waals surface area contributed by atoms with E-state index in [9.17, 15) is 0 Å². The molecule has 0 fully saturated rings. The fraction of sp³-hybridized carbons (Fsp3) is 0.333. The van der Waals surface area contributed by atoms with E-state index in [-0.39, 0.29) is 12.2 Å². The molecule has 3 aromatic rings. The van der Waals surface area contributed by atoms with Gasteiger partial charge in [-0.15, -0.1) is 5.10 Å². The van der Waals surface area contributed by atoms with Crippen molar-refractivity contribution in [2.45, 2.75) is 45.9 Å². The molecule has 1 unspecified atom stereocenters. The Balaban J connectivity index is 2.02. The van der Waals surface area contributed by atoms with E-state index in [1.54, 1.807) is 0 Å². The number of hydrogen-bond acceptors (Lipinski definition) is 3. The van der Waals surface area contributed by atoms with Crippen LogP contribution in [0.4, 0.5) is 0 Å². The zero-order chi connectivity index (χ0) is 17.4. The molecule has 4 heteroatoms. The molecule has 25 heavy (non-hydrogen) atoms. The zero-order valence-corrected chi connectivity index (χ0v) is 14.9. The molecule has 0 bridgehead atoms. The van der Waals surface area contributed by atoms with Crippen LogP contribution in [-0.4, -0.2) is 21.1 Å². The first kappa shape index (κ1) is 16.0. The van der Waals surface area contributed by atoms with E-state index in [1.807, 2.05) is 4.68 Å². The van der Waals surface area contributed by atoms with Gasteiger partial charge in [0.2, 0.25) is 0 Å². The van der Waals surface area contributed by atoms with Crippen molar-refractivity contribution in [3.63, 3.8) is 0 Å². The first-order valence-corrected chi connectivity index (χ1v) is 8.95. The van der Waals surface area contributed by atoms with Crippen LogP contribution >= 0.6 is 0 Å². The smallest absolute Gasteiger partial charge is 0.121 e. The number of fused-ring (bicyclic) bond motifs is 5. The minimum atomic E-state index is 0.0192. The number of hydrogen-bond donors (Lipinski definition) is 0. The SMILES string of the molecule is CCn1nnc2c1-c1ccccc1C(OC(C)C)Cc1ccccc1-2. The molecule has 0 aliphatic heterocycles. The topological polar surface area (TPSA) is 39.9 Å². The average Bonchev–Trinajstić information content (AvgIpc) is 3.03. The second-order valence-electron chi connectivity index (χ2n) is 6.72. The van der Waals surface area contributed by atoms with E-state index in [2.05, 4.69) is 79.6 Å². The van der Waals surface area contributed by atoms with Gasteiger partial charge in [0, 0.05) is 24.1 Å². The van der Waals surface area contributed by atoms with Gasteiger partial charge in [-0.2, -0.15) is 0 Å². The lowest BCUT2D eigenvalue weighted by atomic mass is 9.87. The van der Waals surface area contributed by atoms with Crippen LogP contribution in [0.15, 0.2) is 48.5 Å². The van der Waals surface area contributed by atoms with Gasteiger partial charge in [0.1, 0.15) is 5.69 Å². The minimum Gasteiger partial charge on any atom is -0.371 e. The summed E-state index contributed by atoms with van der Waals surface area (Å²) in [6.07, 6.45) is 1.02. The molecule has 1 aliphatic rings. The van der Waals surface area contributed by atoms with E-state index < -0.39 is 0 Å². The van der Waals surface area contributed by atoms with E-state index in [0.717, 1.165) is 29.9 Å². The van der Waals surface area contributed by atoms with Crippen LogP contribution in [0.5, 0.6) is 0 Å². The Bertz CT molecular complexity index is 898. The van der Waals surface area contributed by atoms with Crippen molar-refractivity contribution in [2.75, 3.05) is 0 Å². The third kappa shape index (κ3) is 2.76. The Kier molecular flexibility index (Phi) is 4.14. The monoisotopic (exact) mass is 333 g/mol. The number of benzene rings is 2. The van der Waals surface area contributed by atoms with Crippen LogP contribution < -0.4 is 0 Å². The Hall–Kier alpha value is -2.46. The van der Waals surface area contributed by atoms with Crippen molar-refractivity contribution >= 4 is 0 Å². The third-order valence-electron chi connectivity index (χ3n) is 4.71. The summed E-state index contributed by atoms with van der Waals surface area (Å²) in [4.78, 5) is 0. The number of aryl methyl sites for hydroxylation is 1. The summed E-state index contributed by atoms with van der Waals surface area (Å²) >= 11 is 0. The molecule has 1 atom stereocenters. The highest BCUT2D eigenvalue weighted by molar-refractivity contribution is 5.82. The Morgan fingerprint density at radius 1 is 1.08 bits per heavy atom. The van der Waals surface area contributed by atoms with Crippen molar-refractivity contribution in [2.24, 2.45) is 0 Å². The molecule has 0 spiro atoms. The molecular formula is C21H23N3O. The maximum Gasteiger partial charge on any atom is 0.121 e. The predicted molar refractivity (Wildman–Crippen MR) is 99.2 cm³/mol. The van der Waals surface area contributed by atoms with E-state index in [0.29, 0.717) is 0 Å². The van der Waals surface area contributed by atoms with E-state index in [1.165, 1.54) is 16.7 Å². The third-order valence-corrected chi connectivity index (χ3v) is 4.71. The Morgan fingerprint density at radius 3 is 2.56 bits per heavy atom. The van der Waals surface area contributed by atoms with Gasteiger partial charge in [-0.25, -0.2) is 4.68 Å². The quantitative estimate of drug-likeness (QED) is 0.700. The molecule has 0 amide bonds. The summed E-state index contributed by atoms with van der Waals surface area (Å²) in [7, 11) is 0. The first-order valence-electron chi connectivity index (χ1n) is 8.95. The summed E-state index contributed by atoms with van der Waals surface area (Å²) in [5, 5.41) is 8.94. The maximum atomic E-state index is 6.33. The molecule has 4 nitrogen and oxygen atoms in total. The molecule has 1 heterocycles. The van der Waals surface area contributed by atoms with E-state index in [4.69, 9.17) is 4.74 Å². The lowest BCUT2D eigenvalue weighted by Crippen LogP contribution is -2.16. The summed E-state index contributed by atoms with van der Waals surface area (Å²) in [5.41, 5.74) is 6.85. The van der Waals surface area contributed by atoms with Gasteiger partial charge in [-0.1, -0.05) is 53.7 Å². The number of rotatable bonds is 3. The predicted octanol–water partition coefficient (Wildman–Crippen LogP) is 4.65. The van der Waals surface area contributed by atoms with E-state index >= 15 is 0 Å². The van der Waals surface area contributed by atoms with Crippen LogP contribution in [0.2, 0.25) is 0 Å². The van der Waals surface area contributed by atoms with Crippen molar-refractivity contribution in [1.82, 2.24) is 15.0 Å². The van der Waals surface area contributed by atoms with Crippen LogP contribution in [0.1, 0.15) is 38.0 Å². The second kappa shape index (κ2) is 6.45. The van der Waals surface area contributed by atoms with Crippen LogP contribution in [0.3, 0.4) is 0 Å². The van der Waals surface area contributed by atoms with Crippen molar-refractivity contribution in [3.8, 4) is 22.5 Å². The molecular weight excluding hydrogens is 310 g/mol. The number of ether oxygens (including phenoxy) is 1. The fourth-order valence-electron chi connectivity index (χ4n) is 3.66. The molecule has 4 rings (SSSR count). The normalized spacial score (nSPS) is 15.9. The summed E-state index contributed by atoms with van der Waals surface area (Å²) in [6.45, 7) is 7.08. The van der Waals surface area contributed by atoms with Crippen molar-refractivity contribution in [3.05, 3.63) is 59.7 Å². The first-order chi connectivity index (χ1) is 12.2.